The molecule has 0 fully saturated rings. The highest BCUT2D eigenvalue weighted by molar-refractivity contribution is 5.50. The molecular weight excluding hydrogens is 314 g/mol. The number of benzene rings is 1. The molecule has 1 heterocycles. The van der Waals surface area contributed by atoms with E-state index in [1.54, 1.807) is 0 Å². The molecular formula is C21H35NO3. The lowest BCUT2D eigenvalue weighted by molar-refractivity contribution is 0.0346. The summed E-state index contributed by atoms with van der Waals surface area (Å²) in [5, 5.41) is 10.5. The summed E-state index contributed by atoms with van der Waals surface area (Å²) >= 11 is 0. The molecule has 0 bridgehead atoms. The Morgan fingerprint density at radius 2 is 1.84 bits per heavy atom. The second-order valence-corrected chi connectivity index (χ2v) is 7.96. The van der Waals surface area contributed by atoms with Crippen molar-refractivity contribution in [1.82, 2.24) is 4.90 Å². The summed E-state index contributed by atoms with van der Waals surface area (Å²) in [6.45, 7) is 13.9. The van der Waals surface area contributed by atoms with E-state index >= 15 is 0 Å². The van der Waals surface area contributed by atoms with Crippen LogP contribution in [0.15, 0.2) is 18.2 Å². The Bertz CT molecular complexity index is 548. The Morgan fingerprint density at radius 3 is 2.44 bits per heavy atom. The molecule has 0 aromatic heterocycles. The summed E-state index contributed by atoms with van der Waals surface area (Å²) in [6.07, 6.45) is 2.52. The Balaban J connectivity index is 1.97. The first kappa shape index (κ1) is 20.1. The summed E-state index contributed by atoms with van der Waals surface area (Å²) in [6, 6.07) is 6.91. The summed E-state index contributed by atoms with van der Waals surface area (Å²) in [7, 11) is 0. The maximum absolute atomic E-state index is 10.5. The van der Waals surface area contributed by atoms with Crippen LogP contribution in [0.1, 0.15) is 59.9 Å². The van der Waals surface area contributed by atoms with Crippen LogP contribution < -0.4 is 9.47 Å². The van der Waals surface area contributed by atoms with Crippen molar-refractivity contribution < 1.29 is 14.6 Å². The van der Waals surface area contributed by atoms with Gasteiger partial charge in [-0.25, -0.2) is 0 Å². The fraction of sp³-hybridized carbons (Fsp3) is 0.714. The quantitative estimate of drug-likeness (QED) is 0.731. The third kappa shape index (κ3) is 5.11. The number of nitrogens with zero attached hydrogens (tertiary/aromatic N) is 1. The summed E-state index contributed by atoms with van der Waals surface area (Å²) in [5.74, 6) is 1.57. The molecule has 0 spiro atoms. The number of aliphatic hydroxyl groups is 1. The van der Waals surface area contributed by atoms with E-state index in [4.69, 9.17) is 9.47 Å². The first-order chi connectivity index (χ1) is 11.8. The Hall–Kier alpha value is -1.26. The van der Waals surface area contributed by atoms with Gasteiger partial charge in [0.15, 0.2) is 11.5 Å². The summed E-state index contributed by atoms with van der Waals surface area (Å²) in [5.41, 5.74) is 0.988. The molecule has 1 aromatic carbocycles. The minimum absolute atomic E-state index is 0.190. The number of hydrogen-bond donors (Lipinski definition) is 1. The highest BCUT2D eigenvalue weighted by Crippen LogP contribution is 2.41. The van der Waals surface area contributed by atoms with E-state index < -0.39 is 6.10 Å². The van der Waals surface area contributed by atoms with E-state index in [-0.39, 0.29) is 12.2 Å². The van der Waals surface area contributed by atoms with E-state index in [2.05, 4.69) is 52.5 Å². The zero-order valence-corrected chi connectivity index (χ0v) is 16.7. The smallest absolute Gasteiger partial charge is 0.165 e. The SMILES string of the molecule is CCC(C)N(CC(O)COc1cccc2c1OC(C)(C)C2)C(C)CC. The number of aliphatic hydroxyl groups excluding tert-OH is 1. The standard InChI is InChI=1S/C21H35NO3/c1-7-15(3)22(16(4)8-2)13-18(23)14-24-19-11-9-10-17-12-21(5,6)25-20(17)19/h9-11,15-16,18,23H,7-8,12-14H2,1-6H3. The Kier molecular flexibility index (Phi) is 6.75. The van der Waals surface area contributed by atoms with Crippen molar-refractivity contribution in [2.45, 2.75) is 84.6 Å². The highest BCUT2D eigenvalue weighted by atomic mass is 16.5. The number of fused-ring (bicyclic) bond motifs is 1. The van der Waals surface area contributed by atoms with Crippen LogP contribution >= 0.6 is 0 Å². The molecule has 0 saturated heterocycles. The van der Waals surface area contributed by atoms with Crippen molar-refractivity contribution >= 4 is 0 Å². The molecule has 0 amide bonds. The Labute approximate surface area is 153 Å². The van der Waals surface area contributed by atoms with Gasteiger partial charge in [0, 0.05) is 30.6 Å². The molecule has 0 aliphatic carbocycles. The number of para-hydroxylation sites is 1. The fourth-order valence-corrected chi connectivity index (χ4v) is 3.45. The lowest BCUT2D eigenvalue weighted by atomic mass is 10.0. The van der Waals surface area contributed by atoms with Crippen molar-refractivity contribution in [3.05, 3.63) is 23.8 Å². The van der Waals surface area contributed by atoms with Gasteiger partial charge < -0.3 is 14.6 Å². The van der Waals surface area contributed by atoms with Gasteiger partial charge in [0.2, 0.25) is 0 Å². The molecule has 0 radical (unpaired) electrons. The first-order valence-corrected chi connectivity index (χ1v) is 9.64. The molecule has 0 saturated carbocycles. The molecule has 2 rings (SSSR count). The van der Waals surface area contributed by atoms with E-state index in [1.165, 1.54) is 5.56 Å². The monoisotopic (exact) mass is 349 g/mol. The number of rotatable bonds is 9. The third-order valence-corrected chi connectivity index (χ3v) is 5.22. The molecule has 1 aliphatic rings. The molecule has 3 unspecified atom stereocenters. The second-order valence-electron chi connectivity index (χ2n) is 7.96. The van der Waals surface area contributed by atoms with Gasteiger partial charge in [-0.15, -0.1) is 0 Å². The van der Waals surface area contributed by atoms with Gasteiger partial charge in [-0.2, -0.15) is 0 Å². The predicted octanol–water partition coefficient (Wildman–Crippen LogP) is 4.04. The van der Waals surface area contributed by atoms with Gasteiger partial charge in [-0.05, 0) is 46.6 Å². The minimum Gasteiger partial charge on any atom is -0.487 e. The van der Waals surface area contributed by atoms with Gasteiger partial charge in [-0.1, -0.05) is 26.0 Å². The molecule has 4 heteroatoms. The molecule has 25 heavy (non-hydrogen) atoms. The average molecular weight is 350 g/mol. The summed E-state index contributed by atoms with van der Waals surface area (Å²) < 4.78 is 12.0. The molecule has 142 valence electrons. The molecule has 3 atom stereocenters. The first-order valence-electron chi connectivity index (χ1n) is 9.64. The van der Waals surface area contributed by atoms with Crippen LogP contribution in [0.3, 0.4) is 0 Å². The number of ether oxygens (including phenoxy) is 2. The van der Waals surface area contributed by atoms with E-state index in [1.807, 2.05) is 12.1 Å². The van der Waals surface area contributed by atoms with Crippen molar-refractivity contribution in [2.75, 3.05) is 13.2 Å². The molecule has 1 aliphatic heterocycles. The maximum atomic E-state index is 10.5. The van der Waals surface area contributed by atoms with E-state index in [9.17, 15) is 5.11 Å². The highest BCUT2D eigenvalue weighted by Gasteiger charge is 2.32. The van der Waals surface area contributed by atoms with Crippen LogP contribution in [0.2, 0.25) is 0 Å². The molecule has 4 nitrogen and oxygen atoms in total. The average Bonchev–Trinajstić information content (AvgIpc) is 2.90. The van der Waals surface area contributed by atoms with Gasteiger partial charge >= 0.3 is 0 Å². The summed E-state index contributed by atoms with van der Waals surface area (Å²) in [4.78, 5) is 2.38. The van der Waals surface area contributed by atoms with Crippen LogP contribution in [0, 0.1) is 0 Å². The topological polar surface area (TPSA) is 41.9 Å². The van der Waals surface area contributed by atoms with Crippen LogP contribution in [0.5, 0.6) is 11.5 Å². The normalized spacial score (nSPS) is 19.2. The van der Waals surface area contributed by atoms with Gasteiger partial charge in [0.1, 0.15) is 18.3 Å². The zero-order valence-electron chi connectivity index (χ0n) is 16.7. The van der Waals surface area contributed by atoms with E-state index in [0.717, 1.165) is 30.8 Å². The zero-order chi connectivity index (χ0) is 18.6. The van der Waals surface area contributed by atoms with Crippen molar-refractivity contribution in [2.24, 2.45) is 0 Å². The largest absolute Gasteiger partial charge is 0.487 e. The van der Waals surface area contributed by atoms with E-state index in [0.29, 0.717) is 18.6 Å². The lowest BCUT2D eigenvalue weighted by Crippen LogP contribution is -2.45. The Morgan fingerprint density at radius 1 is 1.20 bits per heavy atom. The fourth-order valence-electron chi connectivity index (χ4n) is 3.45. The molecule has 1 aromatic rings. The van der Waals surface area contributed by atoms with Crippen molar-refractivity contribution in [3.63, 3.8) is 0 Å². The molecule has 1 N–H and O–H groups in total. The van der Waals surface area contributed by atoms with Crippen molar-refractivity contribution in [3.8, 4) is 11.5 Å². The van der Waals surface area contributed by atoms with Gasteiger partial charge in [-0.3, -0.25) is 4.90 Å². The van der Waals surface area contributed by atoms with Crippen LogP contribution in [0.4, 0.5) is 0 Å². The third-order valence-electron chi connectivity index (χ3n) is 5.22. The maximum Gasteiger partial charge on any atom is 0.165 e. The predicted molar refractivity (Wildman–Crippen MR) is 103 cm³/mol. The minimum atomic E-state index is -0.520. The van der Waals surface area contributed by atoms with Crippen LogP contribution in [0.25, 0.3) is 0 Å². The second kappa shape index (κ2) is 8.41. The number of hydrogen-bond acceptors (Lipinski definition) is 4. The van der Waals surface area contributed by atoms with Crippen LogP contribution in [-0.4, -0.2) is 46.9 Å². The lowest BCUT2D eigenvalue weighted by Gasteiger charge is -2.35. The van der Waals surface area contributed by atoms with Gasteiger partial charge in [0.25, 0.3) is 0 Å². The van der Waals surface area contributed by atoms with Gasteiger partial charge in [0.05, 0.1) is 0 Å². The van der Waals surface area contributed by atoms with Crippen LogP contribution in [-0.2, 0) is 6.42 Å². The van der Waals surface area contributed by atoms with Crippen molar-refractivity contribution in [1.29, 1.82) is 0 Å².